The number of anilines is 3. The molecule has 3 aromatic heterocycles. The molecule has 5 rings (SSSR count). The number of fused-ring (bicyclic) bond motifs is 1. The first-order valence-corrected chi connectivity index (χ1v) is 11.6. The Morgan fingerprint density at radius 2 is 2.03 bits per heavy atom. The van der Waals surface area contributed by atoms with Crippen molar-refractivity contribution in [3.63, 3.8) is 0 Å². The lowest BCUT2D eigenvalue weighted by atomic mass is 10.1. The largest absolute Gasteiger partial charge is 0.354 e. The molecule has 1 aromatic carbocycles. The molecule has 0 amide bonds. The zero-order chi connectivity index (χ0) is 23.1. The van der Waals surface area contributed by atoms with Gasteiger partial charge in [0.05, 0.1) is 5.69 Å². The normalized spacial score (nSPS) is 15.8. The van der Waals surface area contributed by atoms with E-state index in [-0.39, 0.29) is 11.9 Å². The van der Waals surface area contributed by atoms with E-state index in [0.717, 1.165) is 42.5 Å². The summed E-state index contributed by atoms with van der Waals surface area (Å²) < 4.78 is 15.2. The summed E-state index contributed by atoms with van der Waals surface area (Å²) in [5, 5.41) is 15.2. The van der Waals surface area contributed by atoms with E-state index < -0.39 is 0 Å². The van der Waals surface area contributed by atoms with Crippen molar-refractivity contribution in [3.8, 4) is 17.3 Å². The maximum absolute atomic E-state index is 13.4. The minimum atomic E-state index is -0.330. The van der Waals surface area contributed by atoms with E-state index in [1.54, 1.807) is 12.1 Å². The Morgan fingerprint density at radius 3 is 2.70 bits per heavy atom. The van der Waals surface area contributed by atoms with Gasteiger partial charge in [-0.3, -0.25) is 0 Å². The topological polar surface area (TPSA) is 99.4 Å². The highest BCUT2D eigenvalue weighted by atomic mass is 32.1. The number of nitriles is 1. The molecule has 4 heterocycles. The van der Waals surface area contributed by atoms with Crippen molar-refractivity contribution < 1.29 is 4.39 Å². The number of nitrogens with zero attached hydrogens (tertiary/aromatic N) is 7. The zero-order valence-corrected chi connectivity index (χ0v) is 19.2. The molecule has 0 aliphatic carbocycles. The molecule has 1 aliphatic heterocycles. The van der Waals surface area contributed by atoms with Gasteiger partial charge in [-0.15, -0.1) is 5.10 Å². The van der Waals surface area contributed by atoms with Crippen molar-refractivity contribution in [2.75, 3.05) is 29.9 Å². The Labute approximate surface area is 194 Å². The summed E-state index contributed by atoms with van der Waals surface area (Å²) in [6.45, 7) is 3.70. The third-order valence-electron chi connectivity index (χ3n) is 5.83. The van der Waals surface area contributed by atoms with E-state index >= 15 is 0 Å². The number of thiazole rings is 1. The van der Waals surface area contributed by atoms with Crippen molar-refractivity contribution in [3.05, 3.63) is 52.8 Å². The van der Waals surface area contributed by atoms with Crippen LogP contribution in [-0.4, -0.2) is 45.8 Å². The van der Waals surface area contributed by atoms with Crippen LogP contribution in [0.1, 0.15) is 23.9 Å². The number of halogens is 1. The molecular formula is C23H23FN8S. The van der Waals surface area contributed by atoms with Crippen LogP contribution in [0.4, 0.5) is 21.2 Å². The number of nitrogens with two attached hydrogens (primary N) is 1. The minimum absolute atomic E-state index is 0.156. The predicted molar refractivity (Wildman–Crippen MR) is 127 cm³/mol. The first-order chi connectivity index (χ1) is 16.0. The second-order valence-corrected chi connectivity index (χ2v) is 9.02. The van der Waals surface area contributed by atoms with E-state index in [1.807, 2.05) is 35.5 Å². The molecule has 2 N–H and O–H groups in total. The molecule has 8 nitrogen and oxygen atoms in total. The molecule has 0 unspecified atom stereocenters. The number of hydrogen-bond donors (Lipinski definition) is 1. The van der Waals surface area contributed by atoms with Crippen LogP contribution in [-0.2, 0) is 6.42 Å². The van der Waals surface area contributed by atoms with E-state index in [9.17, 15) is 9.65 Å². The number of benzene rings is 1. The van der Waals surface area contributed by atoms with Gasteiger partial charge in [0.25, 0.3) is 0 Å². The van der Waals surface area contributed by atoms with Gasteiger partial charge in [0, 0.05) is 31.7 Å². The fourth-order valence-corrected chi connectivity index (χ4v) is 4.97. The maximum Gasteiger partial charge on any atom is 0.192 e. The molecule has 4 aromatic rings. The molecule has 0 saturated carbocycles. The van der Waals surface area contributed by atoms with Crippen LogP contribution in [0.3, 0.4) is 0 Å². The molecule has 33 heavy (non-hydrogen) atoms. The van der Waals surface area contributed by atoms with Crippen LogP contribution < -0.4 is 15.5 Å². The van der Waals surface area contributed by atoms with E-state index in [2.05, 4.69) is 11.0 Å². The summed E-state index contributed by atoms with van der Waals surface area (Å²) in [6.07, 6.45) is 1.66. The predicted octanol–water partition coefficient (Wildman–Crippen LogP) is 3.73. The standard InChI is InChI=1S/C23H23FN8S/c1-3-17-22(32-19(27-17)8-9-20(29-32)31-11-10-16(26)13-31)30(2)23-28-21(18(12-25)33-23)14-4-6-15(24)7-5-14/h4-9,16H,3,10-11,13,26H2,1-2H3/t16-/m1/s1. The van der Waals surface area contributed by atoms with E-state index in [4.69, 9.17) is 20.8 Å². The Hall–Kier alpha value is -3.55. The van der Waals surface area contributed by atoms with Crippen molar-refractivity contribution in [1.82, 2.24) is 19.6 Å². The summed E-state index contributed by atoms with van der Waals surface area (Å²) in [6, 6.07) is 12.3. The zero-order valence-electron chi connectivity index (χ0n) is 18.4. The number of aryl methyl sites for hydroxylation is 1. The van der Waals surface area contributed by atoms with Gasteiger partial charge in [-0.2, -0.15) is 9.78 Å². The molecule has 0 radical (unpaired) electrons. The van der Waals surface area contributed by atoms with E-state index in [1.165, 1.54) is 23.5 Å². The van der Waals surface area contributed by atoms with Gasteiger partial charge in [-0.25, -0.2) is 14.4 Å². The van der Waals surface area contributed by atoms with Crippen molar-refractivity contribution in [2.45, 2.75) is 25.8 Å². The van der Waals surface area contributed by atoms with Gasteiger partial charge in [0.15, 0.2) is 16.6 Å². The van der Waals surface area contributed by atoms with Crippen LogP contribution in [0.25, 0.3) is 16.9 Å². The Kier molecular flexibility index (Phi) is 5.44. The highest BCUT2D eigenvalue weighted by molar-refractivity contribution is 7.16. The second-order valence-electron chi connectivity index (χ2n) is 8.04. The monoisotopic (exact) mass is 462 g/mol. The molecule has 10 heteroatoms. The minimum Gasteiger partial charge on any atom is -0.354 e. The van der Waals surface area contributed by atoms with Gasteiger partial charge in [0.1, 0.15) is 28.3 Å². The lowest BCUT2D eigenvalue weighted by Crippen LogP contribution is -2.27. The summed E-state index contributed by atoms with van der Waals surface area (Å²) in [5.41, 5.74) is 8.96. The number of rotatable bonds is 5. The molecular weight excluding hydrogens is 439 g/mol. The molecule has 1 saturated heterocycles. The molecule has 168 valence electrons. The van der Waals surface area contributed by atoms with Crippen LogP contribution in [0.15, 0.2) is 36.4 Å². The third-order valence-corrected chi connectivity index (χ3v) is 6.87. The summed E-state index contributed by atoms with van der Waals surface area (Å²) in [7, 11) is 1.90. The highest BCUT2D eigenvalue weighted by Crippen LogP contribution is 2.36. The van der Waals surface area contributed by atoms with Crippen LogP contribution in [0.2, 0.25) is 0 Å². The second kappa shape index (κ2) is 8.42. The lowest BCUT2D eigenvalue weighted by molar-refractivity contribution is 0.628. The summed E-state index contributed by atoms with van der Waals surface area (Å²) >= 11 is 1.29. The summed E-state index contributed by atoms with van der Waals surface area (Å²) in [5.74, 6) is 1.33. The van der Waals surface area contributed by atoms with Crippen LogP contribution in [0.5, 0.6) is 0 Å². The molecule has 1 aliphatic rings. The molecule has 1 atom stereocenters. The van der Waals surface area contributed by atoms with Crippen LogP contribution >= 0.6 is 11.3 Å². The highest BCUT2D eigenvalue weighted by Gasteiger charge is 2.25. The van der Waals surface area contributed by atoms with Gasteiger partial charge in [-0.1, -0.05) is 18.3 Å². The quantitative estimate of drug-likeness (QED) is 0.482. The fourth-order valence-electron chi connectivity index (χ4n) is 4.12. The van der Waals surface area contributed by atoms with Crippen LogP contribution in [0, 0.1) is 17.1 Å². The third kappa shape index (κ3) is 3.79. The van der Waals surface area contributed by atoms with Gasteiger partial charge < -0.3 is 15.5 Å². The average Bonchev–Trinajstić information content (AvgIpc) is 3.54. The Balaban J connectivity index is 1.58. The maximum atomic E-state index is 13.4. The SMILES string of the molecule is CCc1nc2ccc(N3CC[C@@H](N)C3)nn2c1N(C)c1nc(-c2ccc(F)cc2)c(C#N)s1. The lowest BCUT2D eigenvalue weighted by Gasteiger charge is -2.19. The first-order valence-electron chi connectivity index (χ1n) is 10.8. The van der Waals surface area contributed by atoms with Gasteiger partial charge in [-0.05, 0) is 49.2 Å². The number of imidazole rings is 1. The number of hydrogen-bond acceptors (Lipinski definition) is 8. The number of aromatic nitrogens is 4. The average molecular weight is 463 g/mol. The fraction of sp³-hybridized carbons (Fsp3) is 0.304. The van der Waals surface area contributed by atoms with E-state index in [0.29, 0.717) is 27.7 Å². The summed E-state index contributed by atoms with van der Waals surface area (Å²) in [4.78, 5) is 14.1. The molecule has 0 bridgehead atoms. The smallest absolute Gasteiger partial charge is 0.192 e. The Morgan fingerprint density at radius 1 is 1.24 bits per heavy atom. The van der Waals surface area contributed by atoms with Crippen molar-refractivity contribution in [1.29, 1.82) is 5.26 Å². The molecule has 0 spiro atoms. The van der Waals surface area contributed by atoms with Gasteiger partial charge >= 0.3 is 0 Å². The first kappa shape index (κ1) is 21.3. The van der Waals surface area contributed by atoms with Crippen molar-refractivity contribution in [2.24, 2.45) is 5.73 Å². The van der Waals surface area contributed by atoms with Crippen molar-refractivity contribution >= 4 is 33.8 Å². The molecule has 1 fully saturated rings. The Bertz CT molecular complexity index is 1350. The van der Waals surface area contributed by atoms with Gasteiger partial charge in [0.2, 0.25) is 0 Å².